The van der Waals surface area contributed by atoms with Gasteiger partial charge in [0.05, 0.1) is 7.11 Å². The topological polar surface area (TPSA) is 52.3 Å². The highest BCUT2D eigenvalue weighted by molar-refractivity contribution is 9.10. The van der Waals surface area contributed by atoms with Gasteiger partial charge in [-0.25, -0.2) is 0 Å². The van der Waals surface area contributed by atoms with Crippen LogP contribution in [0, 0.1) is 0 Å². The summed E-state index contributed by atoms with van der Waals surface area (Å²) >= 11 is 4.67. The summed E-state index contributed by atoms with van der Waals surface area (Å²) in [7, 11) is 1.55. The van der Waals surface area contributed by atoms with Crippen LogP contribution >= 0.6 is 27.3 Å². The van der Waals surface area contributed by atoms with E-state index in [2.05, 4.69) is 15.9 Å². The van der Waals surface area contributed by atoms with Crippen LogP contribution in [0.1, 0.15) is 15.2 Å². The summed E-state index contributed by atoms with van der Waals surface area (Å²) in [5.41, 5.74) is 6.88. The predicted molar refractivity (Wildman–Crippen MR) is 72.9 cm³/mol. The van der Waals surface area contributed by atoms with Gasteiger partial charge in [-0.05, 0) is 45.6 Å². The molecule has 0 unspecified atom stereocenters. The molecule has 1 aromatic heterocycles. The largest absolute Gasteiger partial charge is 0.495 e. The fraction of sp³-hybridized carbons (Fsp3) is 0.0833. The number of ketones is 1. The Morgan fingerprint density at radius 1 is 1.41 bits per heavy atom. The quantitative estimate of drug-likeness (QED) is 0.698. The highest BCUT2D eigenvalue weighted by atomic mass is 79.9. The number of rotatable bonds is 3. The number of nitrogens with two attached hydrogens (primary N) is 1. The molecule has 0 aliphatic carbocycles. The van der Waals surface area contributed by atoms with Crippen molar-refractivity contribution in [3.63, 3.8) is 0 Å². The number of halogens is 1. The molecular weight excluding hydrogens is 302 g/mol. The molecule has 17 heavy (non-hydrogen) atoms. The number of hydrogen-bond donors (Lipinski definition) is 1. The summed E-state index contributed by atoms with van der Waals surface area (Å²) in [5.74, 6) is 0.547. The maximum Gasteiger partial charge on any atom is 0.206 e. The molecule has 88 valence electrons. The van der Waals surface area contributed by atoms with Crippen molar-refractivity contribution in [1.29, 1.82) is 0 Å². The highest BCUT2D eigenvalue weighted by Crippen LogP contribution is 2.29. The Hall–Kier alpha value is -1.33. The van der Waals surface area contributed by atoms with E-state index in [4.69, 9.17) is 10.5 Å². The van der Waals surface area contributed by atoms with Crippen LogP contribution < -0.4 is 10.5 Å². The lowest BCUT2D eigenvalue weighted by molar-refractivity contribution is 0.104. The molecule has 0 spiro atoms. The molecule has 0 fully saturated rings. The van der Waals surface area contributed by atoms with Crippen molar-refractivity contribution < 1.29 is 9.53 Å². The SMILES string of the molecule is COc1ccsc1C(=O)c1ccc(N)c(Br)c1. The third-order valence-electron chi connectivity index (χ3n) is 2.32. The Balaban J connectivity index is 2.40. The van der Waals surface area contributed by atoms with Crippen molar-refractivity contribution in [2.75, 3.05) is 12.8 Å². The monoisotopic (exact) mass is 311 g/mol. The molecule has 5 heteroatoms. The van der Waals surface area contributed by atoms with Gasteiger partial charge in [0.2, 0.25) is 5.78 Å². The van der Waals surface area contributed by atoms with E-state index >= 15 is 0 Å². The Kier molecular flexibility index (Phi) is 3.49. The summed E-state index contributed by atoms with van der Waals surface area (Å²) in [6, 6.07) is 6.92. The first-order valence-electron chi connectivity index (χ1n) is 4.84. The zero-order valence-electron chi connectivity index (χ0n) is 9.07. The average molecular weight is 312 g/mol. The predicted octanol–water partition coefficient (Wildman–Crippen LogP) is 3.33. The number of methoxy groups -OCH3 is 1. The number of carbonyl (C=O) groups excluding carboxylic acids is 1. The van der Waals surface area contributed by atoms with Crippen molar-refractivity contribution in [2.45, 2.75) is 0 Å². The number of ether oxygens (including phenoxy) is 1. The van der Waals surface area contributed by atoms with Crippen LogP contribution in [0.15, 0.2) is 34.1 Å². The molecule has 0 saturated carbocycles. The molecule has 2 aromatic rings. The molecule has 0 atom stereocenters. The molecule has 0 amide bonds. The summed E-state index contributed by atoms with van der Waals surface area (Å²) in [4.78, 5) is 12.8. The fourth-order valence-corrected chi connectivity index (χ4v) is 2.62. The molecule has 0 aliphatic rings. The first kappa shape index (κ1) is 12.1. The molecule has 2 rings (SSSR count). The Morgan fingerprint density at radius 3 is 2.82 bits per heavy atom. The summed E-state index contributed by atoms with van der Waals surface area (Å²) in [5, 5.41) is 1.83. The van der Waals surface area contributed by atoms with Crippen LogP contribution in [0.2, 0.25) is 0 Å². The van der Waals surface area contributed by atoms with Crippen molar-refractivity contribution in [2.24, 2.45) is 0 Å². The number of benzene rings is 1. The lowest BCUT2D eigenvalue weighted by Crippen LogP contribution is -2.01. The van der Waals surface area contributed by atoms with E-state index in [0.717, 1.165) is 4.47 Å². The molecule has 0 saturated heterocycles. The molecule has 0 radical (unpaired) electrons. The second-order valence-electron chi connectivity index (χ2n) is 3.38. The van der Waals surface area contributed by atoms with E-state index in [9.17, 15) is 4.79 Å². The van der Waals surface area contributed by atoms with Gasteiger partial charge in [-0.3, -0.25) is 4.79 Å². The zero-order valence-corrected chi connectivity index (χ0v) is 11.5. The standard InChI is InChI=1S/C12H10BrNO2S/c1-16-10-4-5-17-12(10)11(15)7-2-3-9(14)8(13)6-7/h2-6H,14H2,1H3. The number of hydrogen-bond acceptors (Lipinski definition) is 4. The minimum atomic E-state index is -0.0578. The number of carbonyl (C=O) groups is 1. The van der Waals surface area contributed by atoms with Crippen LogP contribution in [-0.2, 0) is 0 Å². The van der Waals surface area contributed by atoms with Gasteiger partial charge in [-0.15, -0.1) is 11.3 Å². The smallest absolute Gasteiger partial charge is 0.206 e. The van der Waals surface area contributed by atoms with Gasteiger partial charge in [0, 0.05) is 15.7 Å². The van der Waals surface area contributed by atoms with Crippen molar-refractivity contribution in [3.8, 4) is 5.75 Å². The third-order valence-corrected chi connectivity index (χ3v) is 3.90. The van der Waals surface area contributed by atoms with E-state index < -0.39 is 0 Å². The minimum Gasteiger partial charge on any atom is -0.495 e. The van der Waals surface area contributed by atoms with Gasteiger partial charge >= 0.3 is 0 Å². The number of anilines is 1. The Morgan fingerprint density at radius 2 is 2.18 bits per heavy atom. The lowest BCUT2D eigenvalue weighted by atomic mass is 10.1. The van der Waals surface area contributed by atoms with Crippen molar-refractivity contribution in [3.05, 3.63) is 44.6 Å². The molecular formula is C12H10BrNO2S. The van der Waals surface area contributed by atoms with Gasteiger partial charge in [0.15, 0.2) is 0 Å². The van der Waals surface area contributed by atoms with E-state index in [0.29, 0.717) is 21.9 Å². The maximum atomic E-state index is 12.2. The van der Waals surface area contributed by atoms with Crippen LogP contribution in [-0.4, -0.2) is 12.9 Å². The van der Waals surface area contributed by atoms with Gasteiger partial charge in [0.1, 0.15) is 10.6 Å². The summed E-state index contributed by atoms with van der Waals surface area (Å²) < 4.78 is 5.86. The molecule has 1 heterocycles. The number of thiophene rings is 1. The minimum absolute atomic E-state index is 0.0578. The van der Waals surface area contributed by atoms with E-state index in [1.165, 1.54) is 11.3 Å². The first-order valence-corrected chi connectivity index (χ1v) is 6.52. The Labute approximate surface area is 111 Å². The van der Waals surface area contributed by atoms with E-state index in [1.807, 2.05) is 5.38 Å². The normalized spacial score (nSPS) is 10.2. The summed E-state index contributed by atoms with van der Waals surface area (Å²) in [6.45, 7) is 0. The molecule has 0 bridgehead atoms. The Bertz CT molecular complexity index is 565. The van der Waals surface area contributed by atoms with Gasteiger partial charge in [-0.2, -0.15) is 0 Å². The van der Waals surface area contributed by atoms with Crippen LogP contribution in [0.3, 0.4) is 0 Å². The maximum absolute atomic E-state index is 12.2. The zero-order chi connectivity index (χ0) is 12.4. The van der Waals surface area contributed by atoms with Crippen LogP contribution in [0.5, 0.6) is 5.75 Å². The second-order valence-corrected chi connectivity index (χ2v) is 5.15. The fourth-order valence-electron chi connectivity index (χ4n) is 1.42. The summed E-state index contributed by atoms with van der Waals surface area (Å²) in [6.07, 6.45) is 0. The second kappa shape index (κ2) is 4.89. The molecule has 2 N–H and O–H groups in total. The van der Waals surface area contributed by atoms with Crippen molar-refractivity contribution in [1.82, 2.24) is 0 Å². The molecule has 1 aromatic carbocycles. The molecule has 3 nitrogen and oxygen atoms in total. The van der Waals surface area contributed by atoms with Crippen LogP contribution in [0.25, 0.3) is 0 Å². The first-order chi connectivity index (χ1) is 8.13. The molecule has 0 aliphatic heterocycles. The number of nitrogen functional groups attached to an aromatic ring is 1. The van der Waals surface area contributed by atoms with Crippen molar-refractivity contribution >= 4 is 38.7 Å². The third kappa shape index (κ3) is 2.35. The van der Waals surface area contributed by atoms with Crippen LogP contribution in [0.4, 0.5) is 5.69 Å². The van der Waals surface area contributed by atoms with E-state index in [1.54, 1.807) is 31.4 Å². The van der Waals surface area contributed by atoms with Gasteiger partial charge < -0.3 is 10.5 Å². The van der Waals surface area contributed by atoms with Gasteiger partial charge in [-0.1, -0.05) is 0 Å². The van der Waals surface area contributed by atoms with E-state index in [-0.39, 0.29) is 5.78 Å². The highest BCUT2D eigenvalue weighted by Gasteiger charge is 2.16. The average Bonchev–Trinajstić information content (AvgIpc) is 2.80. The lowest BCUT2D eigenvalue weighted by Gasteiger charge is -2.04. The van der Waals surface area contributed by atoms with Gasteiger partial charge in [0.25, 0.3) is 0 Å².